The summed E-state index contributed by atoms with van der Waals surface area (Å²) in [6.45, 7) is 7.41. The molecule has 7 nitrogen and oxygen atoms in total. The lowest BCUT2D eigenvalue weighted by Crippen LogP contribution is -2.47. The average molecular weight is 475 g/mol. The predicted molar refractivity (Wildman–Crippen MR) is 109 cm³/mol. The van der Waals surface area contributed by atoms with E-state index in [1.54, 1.807) is 4.90 Å². The Hall–Kier alpha value is -1.71. The molecule has 26 heavy (non-hydrogen) atoms. The number of halogens is 1. The van der Waals surface area contributed by atoms with Crippen molar-refractivity contribution in [3.63, 3.8) is 0 Å². The van der Waals surface area contributed by atoms with Crippen LogP contribution in [0, 0.1) is 13.7 Å². The van der Waals surface area contributed by atoms with Gasteiger partial charge in [-0.05, 0) is 54.0 Å². The smallest absolute Gasteiger partial charge is 0.324 e. The second-order valence-electron chi connectivity index (χ2n) is 6.00. The molecule has 0 unspecified atom stereocenters. The number of urea groups is 1. The molecule has 0 fully saturated rings. The topological polar surface area (TPSA) is 83.8 Å². The highest BCUT2D eigenvalue weighted by Gasteiger charge is 2.27. The molecule has 0 atom stereocenters. The van der Waals surface area contributed by atoms with Crippen LogP contribution in [0.3, 0.4) is 0 Å². The van der Waals surface area contributed by atoms with Gasteiger partial charge in [-0.2, -0.15) is 0 Å². The van der Waals surface area contributed by atoms with Gasteiger partial charge in [0, 0.05) is 31.3 Å². The summed E-state index contributed by atoms with van der Waals surface area (Å²) in [4.78, 5) is 39.4. The lowest BCUT2D eigenvalue weighted by molar-refractivity contribution is -0.385. The van der Waals surface area contributed by atoms with E-state index in [1.807, 2.05) is 43.4 Å². The van der Waals surface area contributed by atoms with Crippen LogP contribution < -0.4 is 0 Å². The van der Waals surface area contributed by atoms with Gasteiger partial charge in [0.1, 0.15) is 0 Å². The monoisotopic (exact) mass is 475 g/mol. The molecule has 0 radical (unpaired) electrons. The Morgan fingerprint density at radius 3 is 2.19 bits per heavy atom. The molecule has 0 heterocycles. The number of imide groups is 1. The van der Waals surface area contributed by atoms with Crippen molar-refractivity contribution in [1.82, 2.24) is 9.80 Å². The lowest BCUT2D eigenvalue weighted by atomic mass is 10.1. The van der Waals surface area contributed by atoms with E-state index in [4.69, 9.17) is 0 Å². The van der Waals surface area contributed by atoms with E-state index in [0.29, 0.717) is 29.6 Å². The Morgan fingerprint density at radius 2 is 1.69 bits per heavy atom. The van der Waals surface area contributed by atoms with Gasteiger partial charge in [-0.25, -0.2) is 4.79 Å². The molecule has 0 N–H and O–H groups in total. The summed E-state index contributed by atoms with van der Waals surface area (Å²) in [6.07, 6.45) is 3.13. The third-order valence-electron chi connectivity index (χ3n) is 3.86. The van der Waals surface area contributed by atoms with Gasteiger partial charge in [0.05, 0.1) is 8.49 Å². The first kappa shape index (κ1) is 22.3. The number of nitro groups is 1. The molecule has 1 aromatic rings. The molecule has 0 aliphatic carbocycles. The summed E-state index contributed by atoms with van der Waals surface area (Å²) in [6, 6.07) is 3.99. The van der Waals surface area contributed by atoms with Crippen molar-refractivity contribution in [1.29, 1.82) is 0 Å². The molecule has 3 amide bonds. The van der Waals surface area contributed by atoms with Gasteiger partial charge in [0.2, 0.25) is 0 Å². The number of amides is 3. The number of nitro benzene ring substituents is 1. The van der Waals surface area contributed by atoms with Gasteiger partial charge in [-0.15, -0.1) is 0 Å². The van der Waals surface area contributed by atoms with Crippen LogP contribution in [-0.2, 0) is 0 Å². The fraction of sp³-hybridized carbons (Fsp3) is 0.556. The summed E-state index contributed by atoms with van der Waals surface area (Å²) in [7, 11) is 0. The second kappa shape index (κ2) is 11.1. The van der Waals surface area contributed by atoms with Crippen LogP contribution in [0.5, 0.6) is 0 Å². The van der Waals surface area contributed by atoms with Crippen molar-refractivity contribution < 1.29 is 14.5 Å². The van der Waals surface area contributed by atoms with Crippen LogP contribution in [-0.4, -0.2) is 46.3 Å². The highest BCUT2D eigenvalue weighted by atomic mass is 127. The molecule has 0 saturated heterocycles. The van der Waals surface area contributed by atoms with Crippen LogP contribution >= 0.6 is 22.6 Å². The van der Waals surface area contributed by atoms with E-state index >= 15 is 0 Å². The van der Waals surface area contributed by atoms with Crippen molar-refractivity contribution in [3.05, 3.63) is 37.4 Å². The van der Waals surface area contributed by atoms with Gasteiger partial charge in [-0.3, -0.25) is 19.8 Å². The van der Waals surface area contributed by atoms with Crippen molar-refractivity contribution in [2.45, 2.75) is 46.5 Å². The van der Waals surface area contributed by atoms with Crippen LogP contribution in [0.25, 0.3) is 0 Å². The molecule has 0 aliphatic rings. The van der Waals surface area contributed by atoms with E-state index in [2.05, 4.69) is 0 Å². The maximum Gasteiger partial charge on any atom is 0.326 e. The average Bonchev–Trinajstić information content (AvgIpc) is 2.61. The minimum Gasteiger partial charge on any atom is -0.324 e. The fourth-order valence-electron chi connectivity index (χ4n) is 2.56. The summed E-state index contributed by atoms with van der Waals surface area (Å²) in [5, 5.41) is 11.2. The predicted octanol–water partition coefficient (Wildman–Crippen LogP) is 4.68. The first-order chi connectivity index (χ1) is 12.4. The number of benzene rings is 1. The third-order valence-corrected chi connectivity index (χ3v) is 4.77. The maximum atomic E-state index is 12.9. The second-order valence-corrected chi connectivity index (χ2v) is 7.17. The zero-order chi connectivity index (χ0) is 19.7. The Balaban J connectivity index is 3.18. The van der Waals surface area contributed by atoms with Crippen molar-refractivity contribution >= 4 is 40.2 Å². The van der Waals surface area contributed by atoms with E-state index in [0.717, 1.165) is 19.3 Å². The zero-order valence-electron chi connectivity index (χ0n) is 15.5. The fourth-order valence-corrected chi connectivity index (χ4v) is 3.09. The van der Waals surface area contributed by atoms with Crippen molar-refractivity contribution in [2.24, 2.45) is 0 Å². The van der Waals surface area contributed by atoms with Crippen LogP contribution in [0.15, 0.2) is 18.2 Å². The number of carbonyl (C=O) groups is 2. The maximum absolute atomic E-state index is 12.9. The molecule has 0 aromatic heterocycles. The Labute approximate surface area is 168 Å². The van der Waals surface area contributed by atoms with E-state index < -0.39 is 10.8 Å². The number of nitrogens with zero attached hydrogens (tertiary/aromatic N) is 3. The van der Waals surface area contributed by atoms with Gasteiger partial charge in [0.25, 0.3) is 11.6 Å². The van der Waals surface area contributed by atoms with Gasteiger partial charge >= 0.3 is 6.03 Å². The van der Waals surface area contributed by atoms with Crippen molar-refractivity contribution in [2.75, 3.05) is 19.6 Å². The highest BCUT2D eigenvalue weighted by Crippen LogP contribution is 2.23. The van der Waals surface area contributed by atoms with Gasteiger partial charge in [-0.1, -0.05) is 27.2 Å². The minimum absolute atomic E-state index is 0.127. The molecule has 0 aliphatic heterocycles. The van der Waals surface area contributed by atoms with Gasteiger partial charge in [0.15, 0.2) is 0 Å². The Kier molecular flexibility index (Phi) is 9.53. The number of carbonyl (C=O) groups excluding carboxylic acids is 2. The standard InChI is InChI=1S/C18H26IN3O4/c1-4-7-12-21(18(24)20(10-5-2)11-6-3)17(23)14-8-9-15(19)16(13-14)22(25)26/h8-9,13H,4-7,10-12H2,1-3H3. The molecule has 1 rings (SSSR count). The largest absolute Gasteiger partial charge is 0.326 e. The van der Waals surface area contributed by atoms with Crippen LogP contribution in [0.2, 0.25) is 0 Å². The summed E-state index contributed by atoms with van der Waals surface area (Å²) in [5.74, 6) is -0.486. The molecule has 1 aromatic carbocycles. The summed E-state index contributed by atoms with van der Waals surface area (Å²) < 4.78 is 0.453. The lowest BCUT2D eigenvalue weighted by Gasteiger charge is -2.29. The Bertz CT molecular complexity index is 645. The molecule has 0 bridgehead atoms. The van der Waals surface area contributed by atoms with E-state index in [-0.39, 0.29) is 17.3 Å². The molecule has 0 saturated carbocycles. The van der Waals surface area contributed by atoms with Crippen LogP contribution in [0.1, 0.15) is 56.8 Å². The first-order valence-electron chi connectivity index (χ1n) is 8.91. The number of hydrogen-bond donors (Lipinski definition) is 0. The van der Waals surface area contributed by atoms with Gasteiger partial charge < -0.3 is 4.90 Å². The molecule has 8 heteroatoms. The zero-order valence-corrected chi connectivity index (χ0v) is 17.7. The number of unbranched alkanes of at least 4 members (excludes halogenated alkanes) is 1. The van der Waals surface area contributed by atoms with E-state index in [1.165, 1.54) is 23.1 Å². The number of rotatable bonds is 9. The molecule has 144 valence electrons. The third kappa shape index (κ3) is 5.93. The minimum atomic E-state index is -0.517. The highest BCUT2D eigenvalue weighted by molar-refractivity contribution is 14.1. The Morgan fingerprint density at radius 1 is 1.08 bits per heavy atom. The van der Waals surface area contributed by atoms with Crippen LogP contribution in [0.4, 0.5) is 10.5 Å². The number of hydrogen-bond acceptors (Lipinski definition) is 4. The molecular weight excluding hydrogens is 449 g/mol. The SMILES string of the molecule is CCCCN(C(=O)c1ccc(I)c([N+](=O)[O-])c1)C(=O)N(CCC)CCC. The molecule has 0 spiro atoms. The normalized spacial score (nSPS) is 10.5. The van der Waals surface area contributed by atoms with Crippen molar-refractivity contribution in [3.8, 4) is 0 Å². The molecular formula is C18H26IN3O4. The quantitative estimate of drug-likeness (QED) is 0.295. The van der Waals surface area contributed by atoms with E-state index in [9.17, 15) is 19.7 Å². The first-order valence-corrected chi connectivity index (χ1v) is 9.99. The summed E-state index contributed by atoms with van der Waals surface area (Å²) >= 11 is 1.86. The summed E-state index contributed by atoms with van der Waals surface area (Å²) in [5.41, 5.74) is 0.0350.